The fourth-order valence-electron chi connectivity index (χ4n) is 4.91. The van der Waals surface area contributed by atoms with E-state index < -0.39 is 6.04 Å². The number of rotatable bonds is 3. The molecule has 3 unspecified atom stereocenters. The number of nitrogens with zero attached hydrogens (tertiary/aromatic N) is 2. The minimum absolute atomic E-state index is 0.0106. The number of amides is 1. The number of aromatic hydroxyl groups is 1. The van der Waals surface area contributed by atoms with Crippen LogP contribution in [0.4, 0.5) is 5.82 Å². The Morgan fingerprint density at radius 2 is 1.97 bits per heavy atom. The third kappa shape index (κ3) is 3.07. The van der Waals surface area contributed by atoms with E-state index in [2.05, 4.69) is 4.98 Å². The first-order valence-corrected chi connectivity index (χ1v) is 10.6. The summed E-state index contributed by atoms with van der Waals surface area (Å²) in [5, 5.41) is 10.1. The monoisotopic (exact) mass is 420 g/mol. The van der Waals surface area contributed by atoms with Crippen molar-refractivity contribution in [3.8, 4) is 11.5 Å². The lowest BCUT2D eigenvalue weighted by Crippen LogP contribution is -2.39. The van der Waals surface area contributed by atoms with Gasteiger partial charge in [0.15, 0.2) is 23.0 Å². The first-order chi connectivity index (χ1) is 15.0. The Morgan fingerprint density at radius 3 is 2.74 bits per heavy atom. The van der Waals surface area contributed by atoms with Crippen molar-refractivity contribution in [1.82, 2.24) is 4.98 Å². The lowest BCUT2D eigenvalue weighted by Gasteiger charge is -2.35. The predicted molar refractivity (Wildman–Crippen MR) is 113 cm³/mol. The number of phenolic OH excluding ortho intramolecular Hbond substituents is 1. The number of carbonyl (C=O) groups excluding carboxylic acids is 2. The van der Waals surface area contributed by atoms with Gasteiger partial charge in [0.05, 0.1) is 24.6 Å². The Morgan fingerprint density at radius 1 is 1.16 bits per heavy atom. The quantitative estimate of drug-likeness (QED) is 0.816. The molecule has 7 heteroatoms. The summed E-state index contributed by atoms with van der Waals surface area (Å²) in [5.41, 5.74) is 1.98. The Labute approximate surface area is 180 Å². The summed E-state index contributed by atoms with van der Waals surface area (Å²) in [7, 11) is 1.46. The Hall–Kier alpha value is -3.35. The van der Waals surface area contributed by atoms with E-state index in [1.165, 1.54) is 18.1 Å². The molecule has 1 amide bonds. The van der Waals surface area contributed by atoms with E-state index in [0.717, 1.165) is 31.2 Å². The van der Waals surface area contributed by atoms with E-state index in [4.69, 9.17) is 9.47 Å². The number of pyridine rings is 1. The van der Waals surface area contributed by atoms with Crippen LogP contribution in [0.1, 0.15) is 42.9 Å². The average molecular weight is 420 g/mol. The molecule has 3 atom stereocenters. The third-order valence-electron chi connectivity index (χ3n) is 6.43. The van der Waals surface area contributed by atoms with Gasteiger partial charge in [-0.1, -0.05) is 12.5 Å². The minimum Gasteiger partial charge on any atom is -0.504 e. The number of aromatic nitrogens is 1. The molecule has 2 aromatic rings. The minimum atomic E-state index is -0.693. The van der Waals surface area contributed by atoms with Crippen molar-refractivity contribution in [2.45, 2.75) is 44.8 Å². The van der Waals surface area contributed by atoms with Crippen LogP contribution in [0.15, 0.2) is 47.9 Å². The molecule has 1 aliphatic carbocycles. The number of Topliss-reactive ketones (excluding diaryl/α,β-unsaturated/α-hetero) is 1. The van der Waals surface area contributed by atoms with E-state index in [9.17, 15) is 14.7 Å². The summed E-state index contributed by atoms with van der Waals surface area (Å²) in [4.78, 5) is 33.1. The van der Waals surface area contributed by atoms with E-state index in [1.807, 2.05) is 19.1 Å². The van der Waals surface area contributed by atoms with Gasteiger partial charge in [-0.05, 0) is 61.6 Å². The number of benzene rings is 1. The zero-order chi connectivity index (χ0) is 21.7. The van der Waals surface area contributed by atoms with Gasteiger partial charge >= 0.3 is 0 Å². The maximum atomic E-state index is 13.6. The van der Waals surface area contributed by atoms with Gasteiger partial charge in [-0.25, -0.2) is 4.98 Å². The molecule has 1 fully saturated rings. The number of carbonyl (C=O) groups is 2. The van der Waals surface area contributed by atoms with Gasteiger partial charge in [0, 0.05) is 6.20 Å². The predicted octanol–water partition coefficient (Wildman–Crippen LogP) is 3.60. The van der Waals surface area contributed by atoms with Crippen molar-refractivity contribution < 1.29 is 24.2 Å². The van der Waals surface area contributed by atoms with Crippen LogP contribution in [0.5, 0.6) is 11.5 Å². The summed E-state index contributed by atoms with van der Waals surface area (Å²) in [6.45, 7) is 1.92. The number of aryl methyl sites for hydroxylation is 1. The highest BCUT2D eigenvalue weighted by Gasteiger charge is 2.52. The highest BCUT2D eigenvalue weighted by atomic mass is 16.5. The zero-order valence-electron chi connectivity index (χ0n) is 17.5. The molecule has 1 aromatic carbocycles. The van der Waals surface area contributed by atoms with Crippen molar-refractivity contribution in [1.29, 1.82) is 0 Å². The van der Waals surface area contributed by atoms with Crippen LogP contribution < -0.4 is 9.64 Å². The topological polar surface area (TPSA) is 89.0 Å². The molecule has 1 saturated carbocycles. The molecule has 31 heavy (non-hydrogen) atoms. The highest BCUT2D eigenvalue weighted by molar-refractivity contribution is 6.17. The van der Waals surface area contributed by atoms with Crippen molar-refractivity contribution in [2.75, 3.05) is 12.0 Å². The maximum absolute atomic E-state index is 13.6. The smallest absolute Gasteiger partial charge is 0.295 e. The fourth-order valence-corrected chi connectivity index (χ4v) is 4.91. The second-order valence-corrected chi connectivity index (χ2v) is 8.35. The number of hydrogen-bond donors (Lipinski definition) is 1. The SMILES string of the molecule is COc1cc(C2C3=C(OC4CCCCC4C3=O)C(=O)N2c2cc(C)ccn2)ccc1O. The van der Waals surface area contributed by atoms with Crippen LogP contribution >= 0.6 is 0 Å². The van der Waals surface area contributed by atoms with Crippen LogP contribution in [-0.2, 0) is 14.3 Å². The van der Waals surface area contributed by atoms with Crippen molar-refractivity contribution in [2.24, 2.45) is 5.92 Å². The molecule has 3 heterocycles. The van der Waals surface area contributed by atoms with E-state index >= 15 is 0 Å². The molecule has 0 radical (unpaired) electrons. The molecule has 0 saturated heterocycles. The Balaban J connectivity index is 1.68. The summed E-state index contributed by atoms with van der Waals surface area (Å²) >= 11 is 0. The van der Waals surface area contributed by atoms with Gasteiger partial charge in [-0.2, -0.15) is 0 Å². The number of anilines is 1. The molecular formula is C24H24N2O5. The second-order valence-electron chi connectivity index (χ2n) is 8.35. The molecule has 0 bridgehead atoms. The van der Waals surface area contributed by atoms with Crippen LogP contribution in [0.25, 0.3) is 0 Å². The van der Waals surface area contributed by atoms with E-state index in [-0.39, 0.29) is 41.0 Å². The summed E-state index contributed by atoms with van der Waals surface area (Å²) in [6, 6.07) is 7.85. The number of fused-ring (bicyclic) bond motifs is 1. The molecule has 1 aromatic heterocycles. The van der Waals surface area contributed by atoms with Gasteiger partial charge in [0.25, 0.3) is 5.91 Å². The lowest BCUT2D eigenvalue weighted by atomic mass is 9.77. The van der Waals surface area contributed by atoms with Gasteiger partial charge in [0.2, 0.25) is 0 Å². The third-order valence-corrected chi connectivity index (χ3v) is 6.43. The van der Waals surface area contributed by atoms with Gasteiger partial charge < -0.3 is 14.6 Å². The normalized spacial score (nSPS) is 25.2. The van der Waals surface area contributed by atoms with Crippen LogP contribution in [0.3, 0.4) is 0 Å². The first-order valence-electron chi connectivity index (χ1n) is 10.6. The molecule has 3 aliphatic rings. The number of ether oxygens (including phenoxy) is 2. The summed E-state index contributed by atoms with van der Waals surface area (Å²) in [5.74, 6) is 0.241. The Kier molecular flexibility index (Phi) is 4.68. The number of methoxy groups -OCH3 is 1. The first kappa shape index (κ1) is 19.6. The zero-order valence-corrected chi connectivity index (χ0v) is 17.5. The average Bonchev–Trinajstić information content (AvgIpc) is 3.07. The van der Waals surface area contributed by atoms with Crippen LogP contribution in [-0.4, -0.2) is 35.0 Å². The van der Waals surface area contributed by atoms with Crippen LogP contribution in [0, 0.1) is 12.8 Å². The molecular weight excluding hydrogens is 396 g/mol. The van der Waals surface area contributed by atoms with Gasteiger partial charge in [-0.3, -0.25) is 14.5 Å². The molecule has 2 aliphatic heterocycles. The maximum Gasteiger partial charge on any atom is 0.295 e. The van der Waals surface area contributed by atoms with Gasteiger partial charge in [-0.15, -0.1) is 0 Å². The van der Waals surface area contributed by atoms with Gasteiger partial charge in [0.1, 0.15) is 11.9 Å². The highest BCUT2D eigenvalue weighted by Crippen LogP contribution is 2.48. The molecule has 160 valence electrons. The molecule has 7 nitrogen and oxygen atoms in total. The van der Waals surface area contributed by atoms with Crippen molar-refractivity contribution in [3.05, 3.63) is 59.0 Å². The summed E-state index contributed by atoms with van der Waals surface area (Å²) in [6.07, 6.45) is 4.92. The van der Waals surface area contributed by atoms with E-state index in [1.54, 1.807) is 18.3 Å². The molecule has 0 spiro atoms. The summed E-state index contributed by atoms with van der Waals surface area (Å²) < 4.78 is 11.4. The lowest BCUT2D eigenvalue weighted by molar-refractivity contribution is -0.131. The Bertz CT molecular complexity index is 1110. The number of hydrogen-bond acceptors (Lipinski definition) is 6. The molecule has 1 N–H and O–H groups in total. The van der Waals surface area contributed by atoms with E-state index in [0.29, 0.717) is 17.0 Å². The van der Waals surface area contributed by atoms with Crippen LogP contribution in [0.2, 0.25) is 0 Å². The molecule has 5 rings (SSSR count). The second kappa shape index (κ2) is 7.41. The van der Waals surface area contributed by atoms with Crippen molar-refractivity contribution in [3.63, 3.8) is 0 Å². The fraction of sp³-hybridized carbons (Fsp3) is 0.375. The number of ketones is 1. The van der Waals surface area contributed by atoms with Crippen molar-refractivity contribution >= 4 is 17.5 Å². The standard InChI is InChI=1S/C24H24N2O5/c1-13-9-10-25-19(11-13)26-21(14-7-8-16(27)18(12-14)30-2)20-22(28)15-5-3-4-6-17(15)31-23(20)24(26)29/h7-12,15,17,21,27H,3-6H2,1-2H3. The largest absolute Gasteiger partial charge is 0.504 e. The number of phenols is 1.